The maximum Gasteiger partial charge on any atom is 0.340 e. The summed E-state index contributed by atoms with van der Waals surface area (Å²) >= 11 is 12.2. The third-order valence-corrected chi connectivity index (χ3v) is 7.22. The number of fused-ring (bicyclic) bond motifs is 1. The van der Waals surface area contributed by atoms with Gasteiger partial charge in [0.2, 0.25) is 10.0 Å². The summed E-state index contributed by atoms with van der Waals surface area (Å²) in [6, 6.07) is 9.71. The molecule has 7 nitrogen and oxygen atoms in total. The number of ether oxygens (including phenoxy) is 1. The molecule has 3 rings (SSSR count). The molecule has 0 saturated heterocycles. The second-order valence-electron chi connectivity index (χ2n) is 8.03. The number of benzene rings is 2. The van der Waals surface area contributed by atoms with Crippen molar-refractivity contribution in [2.75, 3.05) is 18.1 Å². The van der Waals surface area contributed by atoms with Gasteiger partial charge in [-0.05, 0) is 43.0 Å². The predicted molar refractivity (Wildman–Crippen MR) is 124 cm³/mol. The molecule has 1 aliphatic rings. The molecule has 2 aromatic rings. The zero-order chi connectivity index (χ0) is 23.6. The third-order valence-electron chi connectivity index (χ3n) is 5.02. The van der Waals surface area contributed by atoms with E-state index in [2.05, 4.69) is 4.72 Å². The zero-order valence-electron chi connectivity index (χ0n) is 17.9. The number of carbonyl (C=O) groups excluding carboxylic acids is 2. The molecule has 1 aliphatic heterocycles. The van der Waals surface area contributed by atoms with Crippen LogP contribution in [0.1, 0.15) is 36.7 Å². The van der Waals surface area contributed by atoms with E-state index in [1.54, 1.807) is 4.90 Å². The van der Waals surface area contributed by atoms with Crippen molar-refractivity contribution in [3.8, 4) is 0 Å². The third kappa shape index (κ3) is 5.26. The summed E-state index contributed by atoms with van der Waals surface area (Å²) in [5, 5.41) is -0.198. The summed E-state index contributed by atoms with van der Waals surface area (Å²) in [6.45, 7) is 5.31. The lowest BCUT2D eigenvalue weighted by atomic mass is 10.1. The topological polar surface area (TPSA) is 92.8 Å². The highest BCUT2D eigenvalue weighted by Crippen LogP contribution is 2.32. The number of nitrogens with zero attached hydrogens (tertiary/aromatic N) is 1. The highest BCUT2D eigenvalue weighted by molar-refractivity contribution is 7.89. The van der Waals surface area contributed by atoms with Crippen LogP contribution in [0.15, 0.2) is 41.3 Å². The molecule has 2 aromatic carbocycles. The van der Waals surface area contributed by atoms with Crippen molar-refractivity contribution in [2.45, 2.75) is 38.1 Å². The number of esters is 1. The summed E-state index contributed by atoms with van der Waals surface area (Å²) in [7, 11) is -3.97. The number of sulfonamides is 1. The molecule has 0 aromatic heterocycles. The molecule has 1 N–H and O–H groups in total. The Morgan fingerprint density at radius 2 is 1.88 bits per heavy atom. The Bertz CT molecular complexity index is 1150. The number of hydrogen-bond donors (Lipinski definition) is 1. The van der Waals surface area contributed by atoms with Gasteiger partial charge in [0.05, 0.1) is 15.6 Å². The van der Waals surface area contributed by atoms with Gasteiger partial charge in [0, 0.05) is 18.3 Å². The number of para-hydroxylation sites is 1. The van der Waals surface area contributed by atoms with Crippen molar-refractivity contribution in [2.24, 2.45) is 5.92 Å². The summed E-state index contributed by atoms with van der Waals surface area (Å²) in [4.78, 5) is 26.7. The summed E-state index contributed by atoms with van der Waals surface area (Å²) in [6.07, 6.45) is 0.712. The van der Waals surface area contributed by atoms with Crippen molar-refractivity contribution < 1.29 is 22.7 Å². The molecule has 1 heterocycles. The van der Waals surface area contributed by atoms with E-state index in [1.165, 1.54) is 6.07 Å². The Balaban J connectivity index is 1.76. The highest BCUT2D eigenvalue weighted by Gasteiger charge is 2.31. The molecule has 0 bridgehead atoms. The van der Waals surface area contributed by atoms with Crippen molar-refractivity contribution in [1.29, 1.82) is 0 Å². The van der Waals surface area contributed by atoms with Crippen LogP contribution in [0.2, 0.25) is 10.0 Å². The van der Waals surface area contributed by atoms with E-state index in [1.807, 2.05) is 45.0 Å². The molecule has 1 atom stereocenters. The van der Waals surface area contributed by atoms with Crippen LogP contribution >= 0.6 is 23.2 Å². The molecule has 0 fully saturated rings. The second-order valence-corrected chi connectivity index (χ2v) is 10.6. The Labute approximate surface area is 197 Å². The van der Waals surface area contributed by atoms with E-state index >= 15 is 0 Å². The lowest BCUT2D eigenvalue weighted by molar-refractivity contribution is -0.122. The first-order valence-corrected chi connectivity index (χ1v) is 12.3. The van der Waals surface area contributed by atoms with Crippen LogP contribution < -0.4 is 9.62 Å². The summed E-state index contributed by atoms with van der Waals surface area (Å²) in [5.74, 6) is -1.22. The Hall–Kier alpha value is -2.13. The predicted octanol–water partition coefficient (Wildman–Crippen LogP) is 4.06. The van der Waals surface area contributed by atoms with Gasteiger partial charge in [-0.3, -0.25) is 4.79 Å². The average molecular weight is 499 g/mol. The van der Waals surface area contributed by atoms with Crippen molar-refractivity contribution >= 4 is 50.8 Å². The zero-order valence-corrected chi connectivity index (χ0v) is 20.2. The van der Waals surface area contributed by atoms with Gasteiger partial charge in [0.25, 0.3) is 5.91 Å². The number of nitrogens with one attached hydrogen (secondary N) is 1. The van der Waals surface area contributed by atoms with Crippen molar-refractivity contribution in [3.63, 3.8) is 0 Å². The van der Waals surface area contributed by atoms with Crippen LogP contribution in [0.25, 0.3) is 0 Å². The minimum Gasteiger partial charge on any atom is -0.452 e. The van der Waals surface area contributed by atoms with Gasteiger partial charge in [-0.15, -0.1) is 0 Å². The normalized spacial score (nSPS) is 15.7. The number of hydrogen-bond acceptors (Lipinski definition) is 5. The van der Waals surface area contributed by atoms with Crippen molar-refractivity contribution in [3.05, 3.63) is 57.6 Å². The fourth-order valence-electron chi connectivity index (χ4n) is 3.47. The van der Waals surface area contributed by atoms with E-state index in [-0.39, 0.29) is 44.9 Å². The van der Waals surface area contributed by atoms with Gasteiger partial charge in [-0.1, -0.05) is 55.2 Å². The fourth-order valence-corrected chi connectivity index (χ4v) is 5.53. The molecule has 0 aliphatic carbocycles. The molecular formula is C22H24Cl2N2O5S. The fraction of sp³-hybridized carbons (Fsp3) is 0.364. The standard InChI is InChI=1S/C22H24Cl2N2O5S/c1-13(2)11-25-32(29,30)20-9-16(17(23)10-18(20)24)22(28)31-12-21(27)26-14(3)8-15-6-4-5-7-19(15)26/h4-7,9-10,13-14,25H,8,11-12H2,1-3H3. The molecule has 1 unspecified atom stereocenters. The minimum atomic E-state index is -3.97. The van der Waals surface area contributed by atoms with E-state index < -0.39 is 22.6 Å². The molecule has 0 saturated carbocycles. The number of amides is 1. The Morgan fingerprint density at radius 1 is 1.19 bits per heavy atom. The first kappa shape index (κ1) is 24.5. The van der Waals surface area contributed by atoms with Crippen LogP contribution in [0.3, 0.4) is 0 Å². The van der Waals surface area contributed by atoms with Gasteiger partial charge in [0.1, 0.15) is 4.90 Å². The Kier molecular flexibility index (Phi) is 7.50. The number of anilines is 1. The first-order chi connectivity index (χ1) is 15.0. The van der Waals surface area contributed by atoms with Gasteiger partial charge in [-0.25, -0.2) is 17.9 Å². The maximum atomic E-state index is 12.8. The minimum absolute atomic E-state index is 0.0681. The first-order valence-electron chi connectivity index (χ1n) is 10.1. The lowest BCUT2D eigenvalue weighted by Gasteiger charge is -2.22. The number of halogens is 2. The summed E-state index contributed by atoms with van der Waals surface area (Å²) < 4.78 is 32.8. The molecule has 0 radical (unpaired) electrons. The smallest absolute Gasteiger partial charge is 0.340 e. The van der Waals surface area contributed by atoms with Crippen LogP contribution in [0.4, 0.5) is 5.69 Å². The molecule has 172 valence electrons. The van der Waals surface area contributed by atoms with E-state index in [0.29, 0.717) is 6.42 Å². The highest BCUT2D eigenvalue weighted by atomic mass is 35.5. The lowest BCUT2D eigenvalue weighted by Crippen LogP contribution is -2.38. The molecule has 32 heavy (non-hydrogen) atoms. The molecular weight excluding hydrogens is 475 g/mol. The van der Waals surface area contributed by atoms with Gasteiger partial charge in [-0.2, -0.15) is 0 Å². The molecule has 1 amide bonds. The van der Waals surface area contributed by atoms with Crippen LogP contribution in [0.5, 0.6) is 0 Å². The largest absolute Gasteiger partial charge is 0.452 e. The van der Waals surface area contributed by atoms with Crippen molar-refractivity contribution in [1.82, 2.24) is 4.72 Å². The second kappa shape index (κ2) is 9.79. The van der Waals surface area contributed by atoms with E-state index in [9.17, 15) is 18.0 Å². The quantitative estimate of drug-likeness (QED) is 0.580. The average Bonchev–Trinajstić information content (AvgIpc) is 3.06. The monoisotopic (exact) mass is 498 g/mol. The number of carbonyl (C=O) groups is 2. The SMILES string of the molecule is CC(C)CNS(=O)(=O)c1cc(C(=O)OCC(=O)N2c3ccccc3CC2C)c(Cl)cc1Cl. The van der Waals surface area contributed by atoms with E-state index in [0.717, 1.165) is 17.3 Å². The molecule has 10 heteroatoms. The Morgan fingerprint density at radius 3 is 2.56 bits per heavy atom. The van der Waals surface area contributed by atoms with Crippen LogP contribution in [-0.4, -0.2) is 39.5 Å². The van der Waals surface area contributed by atoms with Crippen LogP contribution in [0, 0.1) is 5.92 Å². The van der Waals surface area contributed by atoms with Gasteiger partial charge >= 0.3 is 5.97 Å². The van der Waals surface area contributed by atoms with Gasteiger partial charge in [0.15, 0.2) is 6.61 Å². The molecule has 0 spiro atoms. The maximum absolute atomic E-state index is 12.8. The van der Waals surface area contributed by atoms with Crippen LogP contribution in [-0.2, 0) is 26.0 Å². The number of rotatable bonds is 7. The van der Waals surface area contributed by atoms with E-state index in [4.69, 9.17) is 27.9 Å². The van der Waals surface area contributed by atoms with Gasteiger partial charge < -0.3 is 9.64 Å². The summed E-state index contributed by atoms with van der Waals surface area (Å²) in [5.41, 5.74) is 1.64.